The molecular formula is C29H41NO3. The second-order valence-electron chi connectivity index (χ2n) is 8.13. The number of unbranched alkanes of at least 4 members (excludes halogenated alkanes) is 4. The maximum Gasteiger partial charge on any atom is 0.326 e. The molecule has 0 bridgehead atoms. The van der Waals surface area contributed by atoms with Crippen LogP contribution in [0.3, 0.4) is 0 Å². The molecule has 33 heavy (non-hydrogen) atoms. The van der Waals surface area contributed by atoms with Gasteiger partial charge in [-0.2, -0.15) is 0 Å². The zero-order valence-corrected chi connectivity index (χ0v) is 20.1. The first kappa shape index (κ1) is 28.2. The van der Waals surface area contributed by atoms with Gasteiger partial charge in [0.1, 0.15) is 6.04 Å². The Kier molecular flexibility index (Phi) is 16.9. The van der Waals surface area contributed by atoms with Gasteiger partial charge in [0.25, 0.3) is 0 Å². The average Bonchev–Trinajstić information content (AvgIpc) is 2.81. The van der Waals surface area contributed by atoms with Gasteiger partial charge < -0.3 is 10.4 Å². The van der Waals surface area contributed by atoms with Gasteiger partial charge in [-0.15, -0.1) is 0 Å². The molecule has 0 fully saturated rings. The van der Waals surface area contributed by atoms with Crippen LogP contribution >= 0.6 is 0 Å². The Morgan fingerprint density at radius 3 is 1.91 bits per heavy atom. The van der Waals surface area contributed by atoms with Crippen LogP contribution in [0.1, 0.15) is 76.7 Å². The van der Waals surface area contributed by atoms with Crippen LogP contribution in [-0.4, -0.2) is 23.0 Å². The number of hydrogen-bond donors (Lipinski definition) is 2. The Labute approximate surface area is 200 Å². The molecule has 0 aromatic heterocycles. The van der Waals surface area contributed by atoms with Crippen LogP contribution in [0.2, 0.25) is 0 Å². The van der Waals surface area contributed by atoms with Crippen LogP contribution in [0.25, 0.3) is 0 Å². The standard InChI is InChI=1S/C29H41NO3/c1-2-3-4-5-6-7-8-9-10-11-12-13-14-15-16-17-21-24-28(31)30-27(29(32)33)25-26-22-19-18-20-23-26/h6-7,9-10,12-13,15-16,18-20,22-23,27H,2-5,8,11,14,17,21,24-25H2,1H3,(H,30,31)(H,32,33)/b7-6-,10-9-,13-12-,16-15-. The number of carbonyl (C=O) groups is 2. The number of carboxylic acids is 1. The predicted molar refractivity (Wildman–Crippen MR) is 138 cm³/mol. The zero-order chi connectivity index (χ0) is 24.0. The van der Waals surface area contributed by atoms with Crippen molar-refractivity contribution in [2.75, 3.05) is 0 Å². The monoisotopic (exact) mass is 451 g/mol. The van der Waals surface area contributed by atoms with E-state index in [-0.39, 0.29) is 5.91 Å². The second kappa shape index (κ2) is 19.8. The van der Waals surface area contributed by atoms with E-state index in [2.05, 4.69) is 60.8 Å². The van der Waals surface area contributed by atoms with Gasteiger partial charge in [0, 0.05) is 12.8 Å². The molecule has 1 aromatic rings. The third kappa shape index (κ3) is 16.4. The first-order valence-corrected chi connectivity index (χ1v) is 12.3. The van der Waals surface area contributed by atoms with Crippen molar-refractivity contribution in [3.05, 3.63) is 84.5 Å². The number of nitrogens with one attached hydrogen (secondary N) is 1. The molecule has 4 nitrogen and oxygen atoms in total. The van der Waals surface area contributed by atoms with E-state index in [1.54, 1.807) is 0 Å². The van der Waals surface area contributed by atoms with Crippen molar-refractivity contribution >= 4 is 11.9 Å². The molecule has 0 aliphatic heterocycles. The van der Waals surface area contributed by atoms with Crippen LogP contribution < -0.4 is 5.32 Å². The zero-order valence-electron chi connectivity index (χ0n) is 20.1. The number of rotatable bonds is 18. The fourth-order valence-electron chi connectivity index (χ4n) is 3.26. The van der Waals surface area contributed by atoms with Crippen LogP contribution in [0.15, 0.2) is 78.9 Å². The molecule has 0 heterocycles. The van der Waals surface area contributed by atoms with Gasteiger partial charge in [-0.1, -0.05) is 98.7 Å². The lowest BCUT2D eigenvalue weighted by molar-refractivity contribution is -0.141. The highest BCUT2D eigenvalue weighted by Crippen LogP contribution is 2.05. The molecule has 0 saturated heterocycles. The van der Waals surface area contributed by atoms with Gasteiger partial charge >= 0.3 is 5.97 Å². The summed E-state index contributed by atoms with van der Waals surface area (Å²) >= 11 is 0. The van der Waals surface area contributed by atoms with Gasteiger partial charge in [-0.05, 0) is 50.5 Å². The lowest BCUT2D eigenvalue weighted by Crippen LogP contribution is -2.42. The van der Waals surface area contributed by atoms with E-state index in [0.29, 0.717) is 19.3 Å². The molecule has 0 aliphatic carbocycles. The van der Waals surface area contributed by atoms with E-state index >= 15 is 0 Å². The molecule has 0 saturated carbocycles. The summed E-state index contributed by atoms with van der Waals surface area (Å²) in [4.78, 5) is 23.5. The Morgan fingerprint density at radius 2 is 1.36 bits per heavy atom. The number of benzene rings is 1. The average molecular weight is 452 g/mol. The van der Waals surface area contributed by atoms with Gasteiger partial charge in [0.05, 0.1) is 0 Å². The van der Waals surface area contributed by atoms with Crippen LogP contribution in [0.4, 0.5) is 0 Å². The molecule has 2 N–H and O–H groups in total. The highest BCUT2D eigenvalue weighted by molar-refractivity contribution is 5.83. The number of carbonyl (C=O) groups excluding carboxylic acids is 1. The molecule has 0 radical (unpaired) electrons. The number of amides is 1. The van der Waals surface area contributed by atoms with E-state index in [9.17, 15) is 14.7 Å². The smallest absolute Gasteiger partial charge is 0.326 e. The normalized spacial score (nSPS) is 12.9. The summed E-state index contributed by atoms with van der Waals surface area (Å²) in [5, 5.41) is 12.0. The maximum absolute atomic E-state index is 12.1. The summed E-state index contributed by atoms with van der Waals surface area (Å²) in [6, 6.07) is 8.45. The van der Waals surface area contributed by atoms with Gasteiger partial charge in [-0.25, -0.2) is 4.79 Å². The third-order valence-corrected chi connectivity index (χ3v) is 5.15. The molecule has 180 valence electrons. The first-order chi connectivity index (χ1) is 16.1. The van der Waals surface area contributed by atoms with Gasteiger partial charge in [0.15, 0.2) is 0 Å². The molecule has 1 atom stereocenters. The first-order valence-electron chi connectivity index (χ1n) is 12.3. The van der Waals surface area contributed by atoms with Crippen LogP contribution in [-0.2, 0) is 16.0 Å². The van der Waals surface area contributed by atoms with E-state index in [4.69, 9.17) is 0 Å². The minimum Gasteiger partial charge on any atom is -0.480 e. The number of hydrogen-bond acceptors (Lipinski definition) is 2. The fourth-order valence-corrected chi connectivity index (χ4v) is 3.26. The largest absolute Gasteiger partial charge is 0.480 e. The maximum atomic E-state index is 12.1. The SMILES string of the molecule is CCCCC/C=C\C/C=C\C/C=C\C/C=C\CCCC(=O)NC(Cc1ccccc1)C(=O)O. The van der Waals surface area contributed by atoms with Crippen molar-refractivity contribution in [2.45, 2.75) is 83.6 Å². The molecule has 0 aliphatic rings. The van der Waals surface area contributed by atoms with E-state index in [1.165, 1.54) is 25.7 Å². The Morgan fingerprint density at radius 1 is 0.818 bits per heavy atom. The summed E-state index contributed by atoms with van der Waals surface area (Å²) in [6.07, 6.45) is 27.5. The topological polar surface area (TPSA) is 66.4 Å². The molecule has 1 unspecified atom stereocenters. The van der Waals surface area contributed by atoms with E-state index in [0.717, 1.165) is 31.2 Å². The fraction of sp³-hybridized carbons (Fsp3) is 0.448. The van der Waals surface area contributed by atoms with Crippen molar-refractivity contribution < 1.29 is 14.7 Å². The molecule has 1 amide bonds. The van der Waals surface area contributed by atoms with Crippen LogP contribution in [0, 0.1) is 0 Å². The van der Waals surface area contributed by atoms with Gasteiger partial charge in [-0.3, -0.25) is 4.79 Å². The Hall–Kier alpha value is -2.88. The predicted octanol–water partition coefficient (Wildman–Crippen LogP) is 6.94. The lowest BCUT2D eigenvalue weighted by atomic mass is 10.1. The van der Waals surface area contributed by atoms with Crippen molar-refractivity contribution in [1.82, 2.24) is 5.32 Å². The summed E-state index contributed by atoms with van der Waals surface area (Å²) in [5.41, 5.74) is 0.895. The number of allylic oxidation sites excluding steroid dienone is 8. The molecule has 1 rings (SSSR count). The molecule has 1 aromatic carbocycles. The summed E-state index contributed by atoms with van der Waals surface area (Å²) in [7, 11) is 0. The number of aliphatic carboxylic acids is 1. The molecule has 4 heteroatoms. The van der Waals surface area contributed by atoms with Crippen LogP contribution in [0.5, 0.6) is 0 Å². The summed E-state index contributed by atoms with van der Waals surface area (Å²) < 4.78 is 0. The van der Waals surface area contributed by atoms with E-state index < -0.39 is 12.0 Å². The Balaban J connectivity index is 2.09. The van der Waals surface area contributed by atoms with Crippen molar-refractivity contribution in [1.29, 1.82) is 0 Å². The minimum atomic E-state index is -1.01. The lowest BCUT2D eigenvalue weighted by Gasteiger charge is -2.14. The minimum absolute atomic E-state index is 0.214. The highest BCUT2D eigenvalue weighted by Gasteiger charge is 2.19. The van der Waals surface area contributed by atoms with Crippen molar-refractivity contribution in [2.24, 2.45) is 0 Å². The summed E-state index contributed by atoms with van der Waals surface area (Å²) in [6.45, 7) is 2.23. The highest BCUT2D eigenvalue weighted by atomic mass is 16.4. The quantitative estimate of drug-likeness (QED) is 0.188. The summed E-state index contributed by atoms with van der Waals surface area (Å²) in [5.74, 6) is -1.22. The second-order valence-corrected chi connectivity index (χ2v) is 8.13. The molecule has 0 spiro atoms. The van der Waals surface area contributed by atoms with E-state index in [1.807, 2.05) is 30.3 Å². The van der Waals surface area contributed by atoms with Crippen molar-refractivity contribution in [3.8, 4) is 0 Å². The number of carboxylic acid groups (broad SMARTS) is 1. The third-order valence-electron chi connectivity index (χ3n) is 5.15. The Bertz CT molecular complexity index is 762. The molecular weight excluding hydrogens is 410 g/mol. The van der Waals surface area contributed by atoms with Crippen molar-refractivity contribution in [3.63, 3.8) is 0 Å². The van der Waals surface area contributed by atoms with Gasteiger partial charge in [0.2, 0.25) is 5.91 Å².